The number of benzene rings is 2. The number of aliphatic hydroxyl groups excluding tert-OH is 1. The summed E-state index contributed by atoms with van der Waals surface area (Å²) < 4.78 is 0. The first-order valence-corrected chi connectivity index (χ1v) is 12.4. The standard InChI is InChI=1S/C28H36N2O4/c1-18-17-22(19-3-5-20(6-4-19)26(32)29-2)7-12-25(18)28(34)15-13-21(14-16-28)27(33)30-23-8-10-24(31)11-9-23/h3-7,12,17,21,23-24,31,34H,8-11,13-16H2,1-2H3,(H,29,32)(H,30,33). The normalized spacial score (nSPS) is 27.1. The van der Waals surface area contributed by atoms with Crippen LogP contribution in [0.25, 0.3) is 11.1 Å². The number of aryl methyl sites for hydroxylation is 1. The van der Waals surface area contributed by atoms with E-state index in [9.17, 15) is 19.8 Å². The van der Waals surface area contributed by atoms with Gasteiger partial charge in [0.15, 0.2) is 0 Å². The Morgan fingerprint density at radius 3 is 2.12 bits per heavy atom. The average molecular weight is 465 g/mol. The van der Waals surface area contributed by atoms with Crippen molar-refractivity contribution in [1.82, 2.24) is 10.6 Å². The maximum Gasteiger partial charge on any atom is 0.251 e. The fourth-order valence-electron chi connectivity index (χ4n) is 5.49. The van der Waals surface area contributed by atoms with Crippen molar-refractivity contribution in [1.29, 1.82) is 0 Å². The topological polar surface area (TPSA) is 98.7 Å². The van der Waals surface area contributed by atoms with Crippen molar-refractivity contribution < 1.29 is 19.8 Å². The van der Waals surface area contributed by atoms with Gasteiger partial charge in [-0.05, 0) is 92.7 Å². The Morgan fingerprint density at radius 2 is 1.53 bits per heavy atom. The predicted octanol–water partition coefficient (Wildman–Crippen LogP) is 3.82. The summed E-state index contributed by atoms with van der Waals surface area (Å²) in [5, 5.41) is 26.9. The number of hydrogen-bond acceptors (Lipinski definition) is 4. The van der Waals surface area contributed by atoms with Crippen molar-refractivity contribution in [2.24, 2.45) is 5.92 Å². The highest BCUT2D eigenvalue weighted by Crippen LogP contribution is 2.41. The summed E-state index contributed by atoms with van der Waals surface area (Å²) >= 11 is 0. The largest absolute Gasteiger partial charge is 0.393 e. The van der Waals surface area contributed by atoms with Gasteiger partial charge < -0.3 is 20.8 Å². The molecule has 0 heterocycles. The second kappa shape index (κ2) is 10.3. The third-order valence-electron chi connectivity index (χ3n) is 7.66. The monoisotopic (exact) mass is 464 g/mol. The number of nitrogens with one attached hydrogen (secondary N) is 2. The van der Waals surface area contributed by atoms with Gasteiger partial charge in [-0.3, -0.25) is 9.59 Å². The lowest BCUT2D eigenvalue weighted by atomic mass is 9.73. The summed E-state index contributed by atoms with van der Waals surface area (Å²) in [5.41, 5.74) is 3.72. The number of hydrogen-bond donors (Lipinski definition) is 4. The molecule has 2 aromatic carbocycles. The summed E-state index contributed by atoms with van der Waals surface area (Å²) in [6.07, 6.45) is 5.42. The molecular formula is C28H36N2O4. The number of carbonyl (C=O) groups is 2. The van der Waals surface area contributed by atoms with E-state index in [0.29, 0.717) is 31.2 Å². The van der Waals surface area contributed by atoms with E-state index in [1.165, 1.54) is 0 Å². The van der Waals surface area contributed by atoms with Crippen LogP contribution in [0.1, 0.15) is 72.9 Å². The minimum Gasteiger partial charge on any atom is -0.393 e. The van der Waals surface area contributed by atoms with Gasteiger partial charge in [0.05, 0.1) is 11.7 Å². The Morgan fingerprint density at radius 1 is 0.912 bits per heavy atom. The smallest absolute Gasteiger partial charge is 0.251 e. The van der Waals surface area contributed by atoms with Gasteiger partial charge in [0.1, 0.15) is 0 Å². The van der Waals surface area contributed by atoms with Crippen LogP contribution in [0.15, 0.2) is 42.5 Å². The van der Waals surface area contributed by atoms with Gasteiger partial charge in [-0.15, -0.1) is 0 Å². The Kier molecular flexibility index (Phi) is 7.39. The van der Waals surface area contributed by atoms with Crippen molar-refractivity contribution in [3.63, 3.8) is 0 Å². The molecule has 182 valence electrons. The number of aliphatic hydroxyl groups is 2. The van der Waals surface area contributed by atoms with Crippen LogP contribution in [0, 0.1) is 12.8 Å². The quantitative estimate of drug-likeness (QED) is 0.541. The molecule has 34 heavy (non-hydrogen) atoms. The zero-order valence-corrected chi connectivity index (χ0v) is 20.1. The number of carbonyl (C=O) groups excluding carboxylic acids is 2. The molecule has 2 aliphatic carbocycles. The maximum atomic E-state index is 12.8. The number of rotatable bonds is 5. The van der Waals surface area contributed by atoms with E-state index in [0.717, 1.165) is 47.9 Å². The lowest BCUT2D eigenvalue weighted by Gasteiger charge is -2.37. The number of amides is 2. The first kappa shape index (κ1) is 24.4. The molecule has 0 bridgehead atoms. The van der Waals surface area contributed by atoms with Crippen molar-refractivity contribution >= 4 is 11.8 Å². The van der Waals surface area contributed by atoms with Crippen LogP contribution in [0.3, 0.4) is 0 Å². The molecule has 4 N–H and O–H groups in total. The van der Waals surface area contributed by atoms with Gasteiger partial charge in [-0.25, -0.2) is 0 Å². The second-order valence-electron chi connectivity index (χ2n) is 10.0. The highest BCUT2D eigenvalue weighted by Gasteiger charge is 2.38. The molecule has 0 aromatic heterocycles. The minimum atomic E-state index is -0.919. The minimum absolute atomic E-state index is 0.0643. The van der Waals surface area contributed by atoms with Gasteiger partial charge in [0.2, 0.25) is 5.91 Å². The molecular weight excluding hydrogens is 428 g/mol. The fraction of sp³-hybridized carbons (Fsp3) is 0.500. The molecule has 0 unspecified atom stereocenters. The molecule has 0 radical (unpaired) electrons. The third-order valence-corrected chi connectivity index (χ3v) is 7.66. The van der Waals surface area contributed by atoms with E-state index in [-0.39, 0.29) is 29.9 Å². The van der Waals surface area contributed by atoms with Crippen LogP contribution in [0.4, 0.5) is 0 Å². The fourth-order valence-corrected chi connectivity index (χ4v) is 5.49. The first-order chi connectivity index (χ1) is 16.3. The Balaban J connectivity index is 1.39. The lowest BCUT2D eigenvalue weighted by molar-refractivity contribution is -0.129. The highest BCUT2D eigenvalue weighted by atomic mass is 16.3. The van der Waals surface area contributed by atoms with E-state index in [1.54, 1.807) is 7.05 Å². The molecule has 0 atom stereocenters. The van der Waals surface area contributed by atoms with E-state index >= 15 is 0 Å². The van der Waals surface area contributed by atoms with Crippen LogP contribution in [-0.2, 0) is 10.4 Å². The summed E-state index contributed by atoms with van der Waals surface area (Å²) in [4.78, 5) is 24.5. The molecule has 2 amide bonds. The first-order valence-electron chi connectivity index (χ1n) is 12.4. The predicted molar refractivity (Wildman–Crippen MR) is 132 cm³/mol. The molecule has 2 aliphatic rings. The zero-order valence-electron chi connectivity index (χ0n) is 20.1. The zero-order chi connectivity index (χ0) is 24.3. The van der Waals surface area contributed by atoms with E-state index in [1.807, 2.05) is 43.3 Å². The molecule has 6 nitrogen and oxygen atoms in total. The Labute approximate surface area is 201 Å². The Hall–Kier alpha value is -2.70. The summed E-state index contributed by atoms with van der Waals surface area (Å²) in [7, 11) is 1.62. The van der Waals surface area contributed by atoms with Gasteiger partial charge in [-0.2, -0.15) is 0 Å². The van der Waals surface area contributed by atoms with E-state index in [2.05, 4.69) is 16.7 Å². The molecule has 0 spiro atoms. The van der Waals surface area contributed by atoms with Crippen molar-refractivity contribution in [3.8, 4) is 11.1 Å². The summed E-state index contributed by atoms with van der Waals surface area (Å²) in [5.74, 6) is -0.0802. The van der Waals surface area contributed by atoms with Gasteiger partial charge in [0, 0.05) is 24.6 Å². The van der Waals surface area contributed by atoms with Gasteiger partial charge in [0.25, 0.3) is 5.91 Å². The summed E-state index contributed by atoms with van der Waals surface area (Å²) in [6.45, 7) is 2.02. The molecule has 0 aliphatic heterocycles. The molecule has 2 aromatic rings. The van der Waals surface area contributed by atoms with E-state index < -0.39 is 5.60 Å². The molecule has 0 saturated heterocycles. The SMILES string of the molecule is CNC(=O)c1ccc(-c2ccc(C3(O)CCC(C(=O)NC4CCC(O)CC4)CC3)c(C)c2)cc1. The van der Waals surface area contributed by atoms with Crippen LogP contribution in [-0.4, -0.2) is 41.2 Å². The molecule has 2 saturated carbocycles. The van der Waals surface area contributed by atoms with Gasteiger partial charge in [-0.1, -0.05) is 30.3 Å². The summed E-state index contributed by atoms with van der Waals surface area (Å²) in [6, 6.07) is 13.8. The molecule has 4 rings (SSSR count). The van der Waals surface area contributed by atoms with Crippen LogP contribution in [0.5, 0.6) is 0 Å². The second-order valence-corrected chi connectivity index (χ2v) is 10.0. The molecule has 6 heteroatoms. The van der Waals surface area contributed by atoms with Crippen molar-refractivity contribution in [2.75, 3.05) is 7.05 Å². The van der Waals surface area contributed by atoms with E-state index in [4.69, 9.17) is 0 Å². The van der Waals surface area contributed by atoms with Crippen LogP contribution < -0.4 is 10.6 Å². The lowest BCUT2D eigenvalue weighted by Crippen LogP contribution is -2.44. The van der Waals surface area contributed by atoms with Crippen molar-refractivity contribution in [2.45, 2.75) is 76.0 Å². The van der Waals surface area contributed by atoms with Gasteiger partial charge >= 0.3 is 0 Å². The third kappa shape index (κ3) is 5.34. The highest BCUT2D eigenvalue weighted by molar-refractivity contribution is 5.94. The van der Waals surface area contributed by atoms with Crippen LogP contribution >= 0.6 is 0 Å². The van der Waals surface area contributed by atoms with Crippen LogP contribution in [0.2, 0.25) is 0 Å². The average Bonchev–Trinajstić information content (AvgIpc) is 2.85. The molecule has 2 fully saturated rings. The Bertz CT molecular complexity index is 1020. The maximum absolute atomic E-state index is 12.8. The van der Waals surface area contributed by atoms with Crippen molar-refractivity contribution in [3.05, 3.63) is 59.2 Å².